The van der Waals surface area contributed by atoms with E-state index in [2.05, 4.69) is 4.99 Å². The molecule has 0 saturated carbocycles. The third kappa shape index (κ3) is 3.58. The summed E-state index contributed by atoms with van der Waals surface area (Å²) in [6.07, 6.45) is -3.68. The maximum atomic E-state index is 12.7. The first-order valence-electron chi connectivity index (χ1n) is 4.90. The Morgan fingerprint density at radius 3 is 2.37 bits per heavy atom. The summed E-state index contributed by atoms with van der Waals surface area (Å²) in [7, 11) is 0. The number of hydrogen-bond donors (Lipinski definition) is 1. The molecule has 0 aromatic heterocycles. The van der Waals surface area contributed by atoms with Crippen LogP contribution in [0.3, 0.4) is 0 Å². The molecule has 0 unspecified atom stereocenters. The van der Waals surface area contributed by atoms with E-state index < -0.39 is 23.1 Å². The van der Waals surface area contributed by atoms with Crippen LogP contribution in [0.4, 0.5) is 13.2 Å². The largest absolute Gasteiger partial charge is 0.417 e. The second kappa shape index (κ2) is 5.69. The van der Waals surface area contributed by atoms with E-state index in [1.807, 2.05) is 0 Å². The van der Waals surface area contributed by atoms with E-state index in [4.69, 9.17) is 16.3 Å². The fourth-order valence-electron chi connectivity index (χ4n) is 1.21. The van der Waals surface area contributed by atoms with Crippen molar-refractivity contribution in [3.05, 3.63) is 46.8 Å². The Balaban J connectivity index is 3.23. The Bertz CT molecular complexity index is 615. The maximum Gasteiger partial charge on any atom is 0.417 e. The molecule has 0 atom stereocenters. The zero-order chi connectivity index (χ0) is 14.5. The highest BCUT2D eigenvalue weighted by molar-refractivity contribution is 5.83. The molecule has 0 bridgehead atoms. The molecule has 0 saturated heterocycles. The second-order valence-corrected chi connectivity index (χ2v) is 3.33. The molecule has 1 rings (SSSR count). The van der Waals surface area contributed by atoms with Crippen molar-refractivity contribution in [1.29, 1.82) is 10.5 Å². The van der Waals surface area contributed by atoms with Crippen molar-refractivity contribution in [3.8, 4) is 12.1 Å². The molecule has 1 aromatic rings. The number of alkyl halides is 3. The molecule has 0 aliphatic carbocycles. The average molecular weight is 264 g/mol. The van der Waals surface area contributed by atoms with Crippen LogP contribution < -0.4 is 5.73 Å². The summed E-state index contributed by atoms with van der Waals surface area (Å²) in [5, 5.41) is 17.1. The Morgan fingerprint density at radius 1 is 1.21 bits per heavy atom. The molecule has 0 radical (unpaired) electrons. The summed E-state index contributed by atoms with van der Waals surface area (Å²) >= 11 is 0. The van der Waals surface area contributed by atoms with E-state index in [1.54, 1.807) is 0 Å². The van der Waals surface area contributed by atoms with Gasteiger partial charge >= 0.3 is 6.18 Å². The normalized spacial score (nSPS) is 12.7. The molecule has 0 heterocycles. The first kappa shape index (κ1) is 14.3. The smallest absolute Gasteiger partial charge is 0.388 e. The highest BCUT2D eigenvalue weighted by Gasteiger charge is 2.32. The van der Waals surface area contributed by atoms with Gasteiger partial charge in [0.1, 0.15) is 17.8 Å². The third-order valence-electron chi connectivity index (χ3n) is 2.08. The topological polar surface area (TPSA) is 86.0 Å². The van der Waals surface area contributed by atoms with Gasteiger partial charge in [-0.15, -0.1) is 0 Å². The van der Waals surface area contributed by atoms with Crippen LogP contribution in [-0.2, 0) is 6.18 Å². The van der Waals surface area contributed by atoms with Crippen LogP contribution in [-0.4, -0.2) is 6.21 Å². The SMILES string of the molecule is N#C/C(N)=C(\C#N)N=Cc1ccccc1C(F)(F)F. The molecule has 0 fully saturated rings. The molecular formula is C12H7F3N4. The monoisotopic (exact) mass is 264 g/mol. The molecule has 7 heteroatoms. The van der Waals surface area contributed by atoms with Gasteiger partial charge in [0.05, 0.1) is 5.56 Å². The minimum atomic E-state index is -4.53. The van der Waals surface area contributed by atoms with Crippen LogP contribution in [0.1, 0.15) is 11.1 Å². The molecule has 2 N–H and O–H groups in total. The number of benzene rings is 1. The fourth-order valence-corrected chi connectivity index (χ4v) is 1.21. The fraction of sp³-hybridized carbons (Fsp3) is 0.0833. The number of aliphatic imine (C=N–C) groups is 1. The Labute approximate surface area is 106 Å². The number of nitrogens with zero attached hydrogens (tertiary/aromatic N) is 3. The molecule has 4 nitrogen and oxygen atoms in total. The minimum Gasteiger partial charge on any atom is -0.388 e. The Morgan fingerprint density at radius 2 is 1.84 bits per heavy atom. The van der Waals surface area contributed by atoms with Crippen LogP contribution in [0.25, 0.3) is 0 Å². The Hall–Kier alpha value is -2.80. The van der Waals surface area contributed by atoms with Crippen LogP contribution in [0.5, 0.6) is 0 Å². The van der Waals surface area contributed by atoms with Gasteiger partial charge in [0, 0.05) is 11.8 Å². The third-order valence-corrected chi connectivity index (χ3v) is 2.08. The number of nitriles is 2. The highest BCUT2D eigenvalue weighted by Crippen LogP contribution is 2.31. The van der Waals surface area contributed by atoms with Crippen molar-refractivity contribution in [2.24, 2.45) is 10.7 Å². The van der Waals surface area contributed by atoms with E-state index in [0.717, 1.165) is 12.3 Å². The second-order valence-electron chi connectivity index (χ2n) is 3.33. The van der Waals surface area contributed by atoms with Gasteiger partial charge in [0.2, 0.25) is 0 Å². The van der Waals surface area contributed by atoms with Gasteiger partial charge in [-0.25, -0.2) is 4.99 Å². The molecule has 96 valence electrons. The lowest BCUT2D eigenvalue weighted by Gasteiger charge is -2.08. The first-order valence-corrected chi connectivity index (χ1v) is 4.90. The summed E-state index contributed by atoms with van der Waals surface area (Å²) in [5.74, 6) is 0. The van der Waals surface area contributed by atoms with Crippen molar-refractivity contribution < 1.29 is 13.2 Å². The summed E-state index contributed by atoms with van der Waals surface area (Å²) < 4.78 is 38.0. The lowest BCUT2D eigenvalue weighted by Crippen LogP contribution is -2.08. The van der Waals surface area contributed by atoms with E-state index >= 15 is 0 Å². The lowest BCUT2D eigenvalue weighted by molar-refractivity contribution is -0.137. The van der Waals surface area contributed by atoms with Crippen LogP contribution in [0.15, 0.2) is 40.7 Å². The predicted molar refractivity (Wildman–Crippen MR) is 61.5 cm³/mol. The lowest BCUT2D eigenvalue weighted by atomic mass is 10.1. The van der Waals surface area contributed by atoms with Gasteiger partial charge in [-0.3, -0.25) is 0 Å². The average Bonchev–Trinajstić information content (AvgIpc) is 2.38. The van der Waals surface area contributed by atoms with E-state index in [-0.39, 0.29) is 5.56 Å². The molecule has 0 aliphatic heterocycles. The number of allylic oxidation sites excluding steroid dienone is 2. The van der Waals surface area contributed by atoms with Gasteiger partial charge in [0.25, 0.3) is 0 Å². The molecule has 0 spiro atoms. The van der Waals surface area contributed by atoms with Gasteiger partial charge in [0.15, 0.2) is 5.70 Å². The van der Waals surface area contributed by atoms with Crippen LogP contribution in [0.2, 0.25) is 0 Å². The molecule has 1 aromatic carbocycles. The van der Waals surface area contributed by atoms with E-state index in [9.17, 15) is 13.2 Å². The van der Waals surface area contributed by atoms with Crippen molar-refractivity contribution in [3.63, 3.8) is 0 Å². The zero-order valence-corrected chi connectivity index (χ0v) is 9.44. The molecular weight excluding hydrogens is 257 g/mol. The molecule has 19 heavy (non-hydrogen) atoms. The molecule has 0 aliphatic rings. The maximum absolute atomic E-state index is 12.7. The van der Waals surface area contributed by atoms with Gasteiger partial charge < -0.3 is 5.73 Å². The molecule has 0 amide bonds. The zero-order valence-electron chi connectivity index (χ0n) is 9.44. The standard InChI is InChI=1S/C12H7F3N4/c13-12(14,15)9-4-2-1-3-8(9)7-19-11(6-17)10(18)5-16/h1-4,7H,18H2/b11-10-,19-7?. The number of nitrogens with two attached hydrogens (primary N) is 1. The van der Waals surface area contributed by atoms with Crippen molar-refractivity contribution in [2.75, 3.05) is 0 Å². The van der Waals surface area contributed by atoms with Gasteiger partial charge in [-0.2, -0.15) is 23.7 Å². The number of rotatable bonds is 2. The van der Waals surface area contributed by atoms with Crippen molar-refractivity contribution in [1.82, 2.24) is 0 Å². The van der Waals surface area contributed by atoms with E-state index in [0.29, 0.717) is 0 Å². The predicted octanol–water partition coefficient (Wildman–Crippen LogP) is 2.34. The van der Waals surface area contributed by atoms with E-state index in [1.165, 1.54) is 30.3 Å². The van der Waals surface area contributed by atoms with Crippen molar-refractivity contribution in [2.45, 2.75) is 6.18 Å². The quantitative estimate of drug-likeness (QED) is 0.657. The summed E-state index contributed by atoms with van der Waals surface area (Å²) in [4.78, 5) is 3.50. The Kier molecular flexibility index (Phi) is 4.27. The van der Waals surface area contributed by atoms with Gasteiger partial charge in [-0.1, -0.05) is 18.2 Å². The number of halogens is 3. The minimum absolute atomic E-state index is 0.214. The first-order chi connectivity index (χ1) is 8.90. The van der Waals surface area contributed by atoms with Crippen LogP contribution in [0, 0.1) is 22.7 Å². The summed E-state index contributed by atoms with van der Waals surface area (Å²) in [6, 6.07) is 7.77. The van der Waals surface area contributed by atoms with Gasteiger partial charge in [-0.05, 0) is 6.07 Å². The van der Waals surface area contributed by atoms with Crippen molar-refractivity contribution >= 4 is 6.21 Å². The number of hydrogen-bond acceptors (Lipinski definition) is 4. The highest BCUT2D eigenvalue weighted by atomic mass is 19.4. The summed E-state index contributed by atoms with van der Waals surface area (Å²) in [5.41, 5.74) is 3.19. The summed E-state index contributed by atoms with van der Waals surface area (Å²) in [6.45, 7) is 0. The van der Waals surface area contributed by atoms with Crippen LogP contribution >= 0.6 is 0 Å².